The highest BCUT2D eigenvalue weighted by molar-refractivity contribution is 6.24. The van der Waals surface area contributed by atoms with Crippen molar-refractivity contribution in [3.63, 3.8) is 0 Å². The highest BCUT2D eigenvalue weighted by atomic mass is 16.5. The van der Waals surface area contributed by atoms with Gasteiger partial charge in [0.1, 0.15) is 24.7 Å². The first-order valence-electron chi connectivity index (χ1n) is 20.4. The molecule has 0 amide bonds. The van der Waals surface area contributed by atoms with Gasteiger partial charge in [0.25, 0.3) is 0 Å². The summed E-state index contributed by atoms with van der Waals surface area (Å²) in [4.78, 5) is 14.7. The van der Waals surface area contributed by atoms with Crippen LogP contribution >= 0.6 is 0 Å². The molecule has 11 aromatic rings. The van der Waals surface area contributed by atoms with Gasteiger partial charge in [-0.05, 0) is 112 Å². The van der Waals surface area contributed by atoms with Gasteiger partial charge < -0.3 is 9.47 Å². The molecule has 5 nitrogen and oxygen atoms in total. The molecule has 0 aliphatic carbocycles. The third-order valence-corrected chi connectivity index (χ3v) is 11.7. The van der Waals surface area contributed by atoms with E-state index in [0.717, 1.165) is 34.0 Å². The van der Waals surface area contributed by atoms with E-state index in [4.69, 9.17) is 24.4 Å². The number of para-hydroxylation sites is 2. The fraction of sp³-hybridized carbons (Fsp3) is 0.0727. The molecule has 0 atom stereocenters. The Morgan fingerprint density at radius 2 is 0.750 bits per heavy atom. The summed E-state index contributed by atoms with van der Waals surface area (Å²) >= 11 is 0. The predicted octanol–water partition coefficient (Wildman–Crippen LogP) is 13.3. The first-order valence-corrected chi connectivity index (χ1v) is 20.4. The number of ether oxygens (including phenoxy) is 2. The monoisotopic (exact) mass is 773 g/mol. The largest absolute Gasteiger partial charge is 0.487 e. The number of benzene rings is 10. The molecule has 0 unspecified atom stereocenters. The van der Waals surface area contributed by atoms with Crippen molar-refractivity contribution in [1.29, 1.82) is 0 Å². The standard InChI is InChI=1S/C55H39N3O2/c1-3-16-50(44(8-1)32-56-30-42-24-22-40-20-18-36-10-5-12-38-26-28-48(42)54(40)52(36)38)59-34-46-14-7-15-47(58-46)35-60-51-17-4-2-9-45(51)33-57-31-43-25-23-41-21-19-37-11-6-13-39-27-29-49(43)55(41)53(37)39/h1-29,32-33H,30-31,34-35H2. The molecular weight excluding hydrogens is 735 g/mol. The van der Waals surface area contributed by atoms with E-state index in [9.17, 15) is 0 Å². The van der Waals surface area contributed by atoms with Crippen LogP contribution in [0.1, 0.15) is 33.6 Å². The average molecular weight is 774 g/mol. The lowest BCUT2D eigenvalue weighted by Crippen LogP contribution is -2.05. The molecule has 0 radical (unpaired) electrons. The zero-order chi connectivity index (χ0) is 39.8. The lowest BCUT2D eigenvalue weighted by molar-refractivity contribution is 0.290. The summed E-state index contributed by atoms with van der Waals surface area (Å²) in [6.45, 7) is 1.78. The molecule has 11 rings (SSSR count). The van der Waals surface area contributed by atoms with Crippen molar-refractivity contribution in [2.45, 2.75) is 26.3 Å². The number of hydrogen-bond donors (Lipinski definition) is 0. The SMILES string of the molecule is C(=NCc1ccc2ccc3cccc4ccc1c2c34)c1ccccc1OCc1cccc(COc2ccccc2C=NCc2ccc3ccc4cccc5ccc2c3c45)n1. The quantitative estimate of drug-likeness (QED) is 0.0918. The van der Waals surface area contributed by atoms with Gasteiger partial charge in [-0.15, -0.1) is 0 Å². The van der Waals surface area contributed by atoms with Gasteiger partial charge in [-0.1, -0.05) is 140 Å². The fourth-order valence-electron chi connectivity index (χ4n) is 8.78. The number of aromatic nitrogens is 1. The highest BCUT2D eigenvalue weighted by Crippen LogP contribution is 2.38. The summed E-state index contributed by atoms with van der Waals surface area (Å²) in [5.74, 6) is 1.52. The van der Waals surface area contributed by atoms with E-state index in [1.54, 1.807) is 0 Å². The van der Waals surface area contributed by atoms with Crippen molar-refractivity contribution >= 4 is 77.1 Å². The van der Waals surface area contributed by atoms with Crippen molar-refractivity contribution in [2.24, 2.45) is 9.98 Å². The van der Waals surface area contributed by atoms with Crippen molar-refractivity contribution in [1.82, 2.24) is 4.98 Å². The lowest BCUT2D eigenvalue weighted by Gasteiger charge is -2.13. The molecule has 0 saturated heterocycles. The summed E-state index contributed by atoms with van der Waals surface area (Å²) < 4.78 is 12.7. The zero-order valence-corrected chi connectivity index (χ0v) is 32.9. The van der Waals surface area contributed by atoms with E-state index in [1.165, 1.54) is 75.8 Å². The van der Waals surface area contributed by atoms with Crippen LogP contribution in [-0.2, 0) is 26.3 Å². The molecular formula is C55H39N3O2. The van der Waals surface area contributed by atoms with Crippen LogP contribution in [0, 0.1) is 0 Å². The van der Waals surface area contributed by atoms with E-state index in [-0.39, 0.29) is 0 Å². The molecule has 0 aliphatic rings. The minimum Gasteiger partial charge on any atom is -0.487 e. The smallest absolute Gasteiger partial charge is 0.130 e. The van der Waals surface area contributed by atoms with Gasteiger partial charge >= 0.3 is 0 Å². The maximum Gasteiger partial charge on any atom is 0.130 e. The number of pyridine rings is 1. The van der Waals surface area contributed by atoms with Crippen molar-refractivity contribution in [3.05, 3.63) is 210 Å². The predicted molar refractivity (Wildman–Crippen MR) is 249 cm³/mol. The van der Waals surface area contributed by atoms with Crippen molar-refractivity contribution < 1.29 is 9.47 Å². The normalized spacial score (nSPS) is 12.1. The molecule has 10 aromatic carbocycles. The maximum atomic E-state index is 6.34. The Labute approximate surface area is 347 Å². The van der Waals surface area contributed by atoms with Gasteiger partial charge in [-0.3, -0.25) is 15.0 Å². The topological polar surface area (TPSA) is 56.1 Å². The van der Waals surface area contributed by atoms with Crippen LogP contribution in [-0.4, -0.2) is 17.4 Å². The van der Waals surface area contributed by atoms with Gasteiger partial charge in [-0.25, -0.2) is 0 Å². The van der Waals surface area contributed by atoms with Gasteiger partial charge in [0.2, 0.25) is 0 Å². The third-order valence-electron chi connectivity index (χ3n) is 11.7. The summed E-state index contributed by atoms with van der Waals surface area (Å²) in [7, 11) is 0. The van der Waals surface area contributed by atoms with E-state index in [0.29, 0.717) is 26.3 Å². The van der Waals surface area contributed by atoms with Crippen molar-refractivity contribution in [3.8, 4) is 11.5 Å². The number of hydrogen-bond acceptors (Lipinski definition) is 5. The van der Waals surface area contributed by atoms with Crippen LogP contribution < -0.4 is 9.47 Å². The molecule has 0 fully saturated rings. The van der Waals surface area contributed by atoms with Gasteiger partial charge in [0.15, 0.2) is 0 Å². The van der Waals surface area contributed by atoms with Crippen LogP contribution in [0.3, 0.4) is 0 Å². The molecule has 0 N–H and O–H groups in total. The van der Waals surface area contributed by atoms with Crippen LogP contribution in [0.15, 0.2) is 186 Å². The summed E-state index contributed by atoms with van der Waals surface area (Å²) in [6, 6.07) is 61.6. The highest BCUT2D eigenvalue weighted by Gasteiger charge is 2.13. The van der Waals surface area contributed by atoms with Gasteiger partial charge in [0.05, 0.1) is 24.5 Å². The molecule has 5 heteroatoms. The second kappa shape index (κ2) is 15.3. The Kier molecular flexibility index (Phi) is 9.04. The fourth-order valence-corrected chi connectivity index (χ4v) is 8.78. The van der Waals surface area contributed by atoms with Gasteiger partial charge in [-0.2, -0.15) is 0 Å². The molecule has 0 bridgehead atoms. The average Bonchev–Trinajstić information content (AvgIpc) is 3.30. The second-order valence-electron chi connectivity index (χ2n) is 15.4. The first kappa shape index (κ1) is 35.5. The third kappa shape index (κ3) is 6.60. The van der Waals surface area contributed by atoms with E-state index in [1.807, 2.05) is 79.2 Å². The molecule has 0 saturated carbocycles. The first-order chi connectivity index (χ1) is 29.7. The molecule has 1 heterocycles. The van der Waals surface area contributed by atoms with Crippen LogP contribution in [0.25, 0.3) is 64.6 Å². The van der Waals surface area contributed by atoms with Gasteiger partial charge in [0, 0.05) is 23.6 Å². The zero-order valence-electron chi connectivity index (χ0n) is 32.9. The Morgan fingerprint density at radius 1 is 0.367 bits per heavy atom. The summed E-state index contributed by atoms with van der Waals surface area (Å²) in [6.07, 6.45) is 3.83. The van der Waals surface area contributed by atoms with Crippen molar-refractivity contribution in [2.75, 3.05) is 0 Å². The van der Waals surface area contributed by atoms with E-state index >= 15 is 0 Å². The lowest BCUT2D eigenvalue weighted by atomic mass is 9.92. The summed E-state index contributed by atoms with van der Waals surface area (Å²) in [5.41, 5.74) is 5.89. The van der Waals surface area contributed by atoms with Crippen LogP contribution in [0.5, 0.6) is 11.5 Å². The van der Waals surface area contributed by atoms with E-state index in [2.05, 4.69) is 109 Å². The van der Waals surface area contributed by atoms with Crippen LogP contribution in [0.4, 0.5) is 0 Å². The minimum absolute atomic E-state index is 0.319. The maximum absolute atomic E-state index is 6.34. The number of aliphatic imine (C=N–C) groups is 2. The molecule has 286 valence electrons. The second-order valence-corrected chi connectivity index (χ2v) is 15.4. The molecule has 60 heavy (non-hydrogen) atoms. The molecule has 0 spiro atoms. The Bertz CT molecular complexity index is 3150. The van der Waals surface area contributed by atoms with E-state index < -0.39 is 0 Å². The Morgan fingerprint density at radius 3 is 1.22 bits per heavy atom. The number of nitrogens with zero attached hydrogens (tertiary/aromatic N) is 3. The Hall–Kier alpha value is -7.63. The van der Waals surface area contributed by atoms with Crippen LogP contribution in [0.2, 0.25) is 0 Å². The Balaban J connectivity index is 0.749. The molecule has 1 aromatic heterocycles. The summed E-state index contributed by atoms with van der Waals surface area (Å²) in [5, 5.41) is 15.4. The molecule has 0 aliphatic heterocycles. The number of rotatable bonds is 12. The minimum atomic E-state index is 0.319.